The summed E-state index contributed by atoms with van der Waals surface area (Å²) in [5.74, 6) is 0.915. The summed E-state index contributed by atoms with van der Waals surface area (Å²) in [7, 11) is 0. The molecule has 0 saturated carbocycles. The van der Waals surface area contributed by atoms with Crippen molar-refractivity contribution in [2.45, 2.75) is 40.0 Å². The number of hydrogen-bond acceptors (Lipinski definition) is 8. The van der Waals surface area contributed by atoms with Gasteiger partial charge in [-0.25, -0.2) is 4.79 Å². The van der Waals surface area contributed by atoms with E-state index in [0.717, 1.165) is 23.6 Å². The molecule has 8 nitrogen and oxygen atoms in total. The number of carbonyl (C=O) groups is 1. The van der Waals surface area contributed by atoms with Gasteiger partial charge in [0.05, 0.1) is 36.2 Å². The Morgan fingerprint density at radius 2 is 1.62 bits per heavy atom. The lowest BCUT2D eigenvalue weighted by molar-refractivity contribution is 0.0490. The fourth-order valence-electron chi connectivity index (χ4n) is 4.93. The van der Waals surface area contributed by atoms with Gasteiger partial charge in [-0.15, -0.1) is 0 Å². The topological polar surface area (TPSA) is 105 Å². The fourth-order valence-corrected chi connectivity index (χ4v) is 4.93. The van der Waals surface area contributed by atoms with E-state index in [-0.39, 0.29) is 23.2 Å². The molecule has 8 heteroatoms. The first-order chi connectivity index (χ1) is 20.4. The molecule has 2 aromatic heterocycles. The molecule has 2 heterocycles. The van der Waals surface area contributed by atoms with Crippen molar-refractivity contribution in [3.63, 3.8) is 0 Å². The summed E-state index contributed by atoms with van der Waals surface area (Å²) < 4.78 is 28.8. The molecule has 0 saturated heterocycles. The van der Waals surface area contributed by atoms with E-state index in [1.807, 2.05) is 37.3 Å². The number of hydrogen-bond donors (Lipinski definition) is 0. The van der Waals surface area contributed by atoms with Gasteiger partial charge in [0, 0.05) is 24.1 Å². The van der Waals surface area contributed by atoms with Gasteiger partial charge in [0.15, 0.2) is 5.43 Å². The van der Waals surface area contributed by atoms with Crippen molar-refractivity contribution >= 4 is 27.9 Å². The first-order valence-electron chi connectivity index (χ1n) is 14.1. The van der Waals surface area contributed by atoms with Gasteiger partial charge >= 0.3 is 5.97 Å². The van der Waals surface area contributed by atoms with Gasteiger partial charge in [-0.2, -0.15) is 0 Å². The first kappa shape index (κ1) is 28.7. The van der Waals surface area contributed by atoms with Crippen LogP contribution >= 0.6 is 0 Å². The molecule has 0 fully saturated rings. The van der Waals surface area contributed by atoms with Gasteiger partial charge in [0.1, 0.15) is 28.4 Å². The molecule has 216 valence electrons. The normalized spacial score (nSPS) is 11.1. The lowest BCUT2D eigenvalue weighted by atomic mass is 10.0. The van der Waals surface area contributed by atoms with Crippen molar-refractivity contribution in [1.82, 2.24) is 0 Å². The number of carbonyl (C=O) groups excluding carboxylic acids is 1. The quantitative estimate of drug-likeness (QED) is 0.126. The van der Waals surface area contributed by atoms with E-state index in [1.165, 1.54) is 0 Å². The second-order valence-electron chi connectivity index (χ2n) is 9.80. The molecule has 5 rings (SSSR count). The smallest absolute Gasteiger partial charge is 0.374 e. The minimum Gasteiger partial charge on any atom is -0.493 e. The number of rotatable bonds is 11. The number of ether oxygens (including phenoxy) is 3. The highest BCUT2D eigenvalue weighted by Gasteiger charge is 2.18. The Labute approximate surface area is 242 Å². The van der Waals surface area contributed by atoms with Gasteiger partial charge in [0.25, 0.3) is 0 Å². The molecule has 0 radical (unpaired) electrons. The molecule has 0 atom stereocenters. The van der Waals surface area contributed by atoms with Crippen LogP contribution in [0.4, 0.5) is 0 Å². The summed E-state index contributed by atoms with van der Waals surface area (Å²) in [6, 6.07) is 19.3. The van der Waals surface area contributed by atoms with E-state index in [2.05, 4.69) is 0 Å². The SMILES string of the molecule is CCCc1c(OCCCOc2ccc3c(=O)c(-c4ccccc4)c(C)oc3c2)ccc2c(=O)cc(C(=O)OCC)oc12. The van der Waals surface area contributed by atoms with Crippen molar-refractivity contribution in [2.24, 2.45) is 0 Å². The highest BCUT2D eigenvalue weighted by molar-refractivity contribution is 5.90. The van der Waals surface area contributed by atoms with Crippen LogP contribution in [-0.4, -0.2) is 25.8 Å². The third-order valence-electron chi connectivity index (χ3n) is 6.85. The average molecular weight is 569 g/mol. The minimum absolute atomic E-state index is 0.0802. The van der Waals surface area contributed by atoms with Crippen molar-refractivity contribution in [3.05, 3.63) is 104 Å². The average Bonchev–Trinajstić information content (AvgIpc) is 2.98. The van der Waals surface area contributed by atoms with Crippen molar-refractivity contribution in [3.8, 4) is 22.6 Å². The monoisotopic (exact) mass is 568 g/mol. The highest BCUT2D eigenvalue weighted by Crippen LogP contribution is 2.30. The molecule has 42 heavy (non-hydrogen) atoms. The van der Waals surface area contributed by atoms with E-state index >= 15 is 0 Å². The Bertz CT molecular complexity index is 1850. The van der Waals surface area contributed by atoms with E-state index in [0.29, 0.717) is 70.8 Å². The van der Waals surface area contributed by atoms with Crippen LogP contribution in [0.5, 0.6) is 11.5 Å². The maximum absolute atomic E-state index is 13.2. The van der Waals surface area contributed by atoms with Crippen LogP contribution in [0, 0.1) is 6.92 Å². The molecular formula is C34H32O8. The Morgan fingerprint density at radius 1 is 0.857 bits per heavy atom. The maximum Gasteiger partial charge on any atom is 0.374 e. The van der Waals surface area contributed by atoms with E-state index in [9.17, 15) is 14.4 Å². The Morgan fingerprint density at radius 3 is 2.38 bits per heavy atom. The van der Waals surface area contributed by atoms with Crippen LogP contribution in [0.1, 0.15) is 48.6 Å². The first-order valence-corrected chi connectivity index (χ1v) is 14.1. The Hall–Kier alpha value is -4.85. The summed E-state index contributed by atoms with van der Waals surface area (Å²) >= 11 is 0. The molecule has 0 aliphatic rings. The van der Waals surface area contributed by atoms with Crippen LogP contribution in [0.2, 0.25) is 0 Å². The Balaban J connectivity index is 1.27. The molecular weight excluding hydrogens is 536 g/mol. The van der Waals surface area contributed by atoms with Crippen LogP contribution in [0.3, 0.4) is 0 Å². The molecule has 0 N–H and O–H groups in total. The predicted octanol–water partition coefficient (Wildman–Crippen LogP) is 6.85. The third kappa shape index (κ3) is 5.93. The zero-order valence-electron chi connectivity index (χ0n) is 23.9. The Kier molecular flexibility index (Phi) is 8.71. The standard InChI is InChI=1S/C34H32O8/c1-4-10-26-28(16-15-24-27(35)20-30(42-33(24)26)34(37)38-5-2)40-18-9-17-39-23-13-14-25-29(19-23)41-21(3)31(32(25)36)22-11-7-6-8-12-22/h6-8,11-16,19-20H,4-5,9-10,17-18H2,1-3H3. The minimum atomic E-state index is -0.679. The molecule has 0 amide bonds. The molecule has 0 aliphatic heterocycles. The van der Waals surface area contributed by atoms with Crippen molar-refractivity contribution in [1.29, 1.82) is 0 Å². The second-order valence-corrected chi connectivity index (χ2v) is 9.80. The summed E-state index contributed by atoms with van der Waals surface area (Å²) in [6.45, 7) is 6.39. The number of benzene rings is 3. The molecule has 5 aromatic rings. The van der Waals surface area contributed by atoms with Crippen LogP contribution in [-0.2, 0) is 11.2 Å². The zero-order valence-corrected chi connectivity index (χ0v) is 23.9. The molecule has 3 aromatic carbocycles. The van der Waals surface area contributed by atoms with Crippen molar-refractivity contribution < 1.29 is 27.8 Å². The molecule has 0 bridgehead atoms. The van der Waals surface area contributed by atoms with Gasteiger partial charge in [-0.1, -0.05) is 43.7 Å². The molecule has 0 spiro atoms. The van der Waals surface area contributed by atoms with Gasteiger partial charge in [-0.05, 0) is 50.1 Å². The number of esters is 1. The van der Waals surface area contributed by atoms with Crippen LogP contribution in [0.25, 0.3) is 33.1 Å². The lowest BCUT2D eigenvalue weighted by Gasteiger charge is -2.14. The second kappa shape index (κ2) is 12.8. The largest absolute Gasteiger partial charge is 0.493 e. The lowest BCUT2D eigenvalue weighted by Crippen LogP contribution is -2.11. The summed E-state index contributed by atoms with van der Waals surface area (Å²) in [4.78, 5) is 38.1. The van der Waals surface area contributed by atoms with Crippen LogP contribution < -0.4 is 20.3 Å². The van der Waals surface area contributed by atoms with Crippen LogP contribution in [0.15, 0.2) is 85.2 Å². The van der Waals surface area contributed by atoms with Gasteiger partial charge in [-0.3, -0.25) is 9.59 Å². The van der Waals surface area contributed by atoms with E-state index in [4.69, 9.17) is 23.0 Å². The fraction of sp³-hybridized carbons (Fsp3) is 0.265. The van der Waals surface area contributed by atoms with Crippen molar-refractivity contribution in [2.75, 3.05) is 19.8 Å². The third-order valence-corrected chi connectivity index (χ3v) is 6.85. The van der Waals surface area contributed by atoms with Gasteiger partial charge < -0.3 is 23.0 Å². The molecule has 0 unspecified atom stereocenters. The highest BCUT2D eigenvalue weighted by atomic mass is 16.5. The summed E-state index contributed by atoms with van der Waals surface area (Å²) in [6.07, 6.45) is 1.97. The summed E-state index contributed by atoms with van der Waals surface area (Å²) in [5.41, 5.74) is 2.52. The van der Waals surface area contributed by atoms with Gasteiger partial charge in [0.2, 0.25) is 11.2 Å². The van der Waals surface area contributed by atoms with E-state index < -0.39 is 5.97 Å². The van der Waals surface area contributed by atoms with E-state index in [1.54, 1.807) is 44.2 Å². The number of aryl methyl sites for hydroxylation is 2. The molecule has 0 aliphatic carbocycles. The zero-order chi connectivity index (χ0) is 29.6. The predicted molar refractivity (Wildman–Crippen MR) is 161 cm³/mol. The summed E-state index contributed by atoms with van der Waals surface area (Å²) in [5, 5.41) is 0.879. The maximum atomic E-state index is 13.2. The number of fused-ring (bicyclic) bond motifs is 2.